The third-order valence-corrected chi connectivity index (χ3v) is 7.09. The molecule has 2 aromatic heterocycles. The molecule has 0 radical (unpaired) electrons. The molecule has 0 bridgehead atoms. The lowest BCUT2D eigenvalue weighted by Gasteiger charge is -2.20. The number of nitrogens with one attached hydrogen (secondary N) is 2. The van der Waals surface area contributed by atoms with Gasteiger partial charge in [-0.1, -0.05) is 23.7 Å². The van der Waals surface area contributed by atoms with E-state index in [1.54, 1.807) is 0 Å². The van der Waals surface area contributed by atoms with Gasteiger partial charge in [0.25, 0.3) is 5.91 Å². The Hall–Kier alpha value is -4.39. The monoisotopic (exact) mass is 593 g/mol. The third-order valence-electron chi connectivity index (χ3n) is 6.74. The van der Waals surface area contributed by atoms with Gasteiger partial charge in [0, 0.05) is 38.8 Å². The largest absolute Gasteiger partial charge is 0.417 e. The zero-order valence-corrected chi connectivity index (χ0v) is 21.1. The summed E-state index contributed by atoms with van der Waals surface area (Å²) in [6.07, 6.45) is -7.05. The van der Waals surface area contributed by atoms with Crippen molar-refractivity contribution in [3.63, 3.8) is 0 Å². The van der Waals surface area contributed by atoms with Crippen LogP contribution in [0, 0.1) is 5.82 Å². The number of aromatic nitrogens is 3. The van der Waals surface area contributed by atoms with Crippen LogP contribution in [0.25, 0.3) is 21.7 Å². The molecule has 2 N–H and O–H groups in total. The molecule has 1 aliphatic rings. The van der Waals surface area contributed by atoms with E-state index in [0.29, 0.717) is 4.68 Å². The highest BCUT2D eigenvalue weighted by molar-refractivity contribution is 6.31. The molecule has 5 aromatic rings. The number of benzene rings is 3. The Bertz CT molecular complexity index is 1870. The average Bonchev–Trinajstić information content (AvgIpc) is 3.44. The van der Waals surface area contributed by atoms with Gasteiger partial charge >= 0.3 is 12.4 Å². The number of carbonyl (C=O) groups is 1. The third kappa shape index (κ3) is 4.69. The van der Waals surface area contributed by atoms with Gasteiger partial charge in [0.1, 0.15) is 18.2 Å². The maximum atomic E-state index is 14.2. The van der Waals surface area contributed by atoms with Gasteiger partial charge in [-0.25, -0.2) is 9.37 Å². The van der Waals surface area contributed by atoms with E-state index in [1.807, 2.05) is 0 Å². The second-order valence-electron chi connectivity index (χ2n) is 9.32. The van der Waals surface area contributed by atoms with Gasteiger partial charge in [-0.2, -0.15) is 31.4 Å². The summed E-state index contributed by atoms with van der Waals surface area (Å²) in [4.78, 5) is 17.4. The van der Waals surface area contributed by atoms with Crippen molar-refractivity contribution in [3.8, 4) is 0 Å². The molecule has 1 unspecified atom stereocenters. The standard InChI is InChI=1S/C27H15ClF7N5O/c28-18-5-4-12(29)8-15(18)23-22-19(38-24-14-2-1-3-17(27(33,34)35)13(14)6-7-36-24)9-20-16(21(22)25(41)39-23)10-37-40(20)11-26(30,31)32/h1-10,23H,11H2,(H,36,38)(H,39,41). The molecule has 14 heteroatoms. The van der Waals surface area contributed by atoms with Crippen LogP contribution < -0.4 is 10.6 Å². The predicted octanol–water partition coefficient (Wildman–Crippen LogP) is 7.53. The summed E-state index contributed by atoms with van der Waals surface area (Å²) in [6.45, 7) is -1.46. The van der Waals surface area contributed by atoms with Gasteiger partial charge in [0.2, 0.25) is 0 Å². The van der Waals surface area contributed by atoms with E-state index in [9.17, 15) is 35.5 Å². The smallest absolute Gasteiger partial charge is 0.341 e. The molecule has 6 nitrogen and oxygen atoms in total. The molecule has 0 fully saturated rings. The molecule has 1 aliphatic heterocycles. The van der Waals surface area contributed by atoms with Crippen LogP contribution in [0.3, 0.4) is 0 Å². The van der Waals surface area contributed by atoms with E-state index in [2.05, 4.69) is 20.7 Å². The van der Waals surface area contributed by atoms with Gasteiger partial charge in [-0.05, 0) is 41.8 Å². The Morgan fingerprint density at radius 1 is 1.00 bits per heavy atom. The molecule has 3 aromatic carbocycles. The van der Waals surface area contributed by atoms with Gasteiger partial charge in [-0.3, -0.25) is 9.48 Å². The Labute approximate surface area is 230 Å². The Morgan fingerprint density at radius 2 is 1.78 bits per heavy atom. The summed E-state index contributed by atoms with van der Waals surface area (Å²) in [5.41, 5.74) is -0.634. The number of fused-ring (bicyclic) bond motifs is 4. The fourth-order valence-electron chi connectivity index (χ4n) is 5.10. The van der Waals surface area contributed by atoms with Crippen molar-refractivity contribution in [3.05, 3.63) is 94.0 Å². The highest BCUT2D eigenvalue weighted by Crippen LogP contribution is 2.44. The molecule has 0 spiro atoms. The molecule has 0 aliphatic carbocycles. The van der Waals surface area contributed by atoms with Crippen molar-refractivity contribution in [2.24, 2.45) is 0 Å². The second-order valence-corrected chi connectivity index (χ2v) is 9.73. The minimum atomic E-state index is -4.67. The van der Waals surface area contributed by atoms with Crippen LogP contribution >= 0.6 is 11.6 Å². The molecule has 41 heavy (non-hydrogen) atoms. The number of amides is 1. The van der Waals surface area contributed by atoms with Crippen molar-refractivity contribution in [1.29, 1.82) is 0 Å². The van der Waals surface area contributed by atoms with Gasteiger partial charge in [0.15, 0.2) is 0 Å². The number of hydrogen-bond acceptors (Lipinski definition) is 4. The maximum Gasteiger partial charge on any atom is 0.417 e. The number of nitrogens with zero attached hydrogens (tertiary/aromatic N) is 3. The minimum absolute atomic E-state index is 0.0394. The number of halogens is 8. The first-order valence-corrected chi connectivity index (χ1v) is 12.3. The number of hydrogen-bond donors (Lipinski definition) is 2. The van der Waals surface area contributed by atoms with Crippen LogP contribution in [0.5, 0.6) is 0 Å². The van der Waals surface area contributed by atoms with Crippen molar-refractivity contribution in [2.45, 2.75) is 24.9 Å². The second kappa shape index (κ2) is 9.33. The van der Waals surface area contributed by atoms with Crippen molar-refractivity contribution in [2.75, 3.05) is 5.32 Å². The molecular weight excluding hydrogens is 579 g/mol. The Kier molecular flexibility index (Phi) is 6.10. The van der Waals surface area contributed by atoms with Gasteiger partial charge in [-0.15, -0.1) is 0 Å². The predicted molar refractivity (Wildman–Crippen MR) is 137 cm³/mol. The van der Waals surface area contributed by atoms with E-state index < -0.39 is 42.2 Å². The quantitative estimate of drug-likeness (QED) is 0.211. The summed E-state index contributed by atoms with van der Waals surface area (Å²) in [7, 11) is 0. The lowest BCUT2D eigenvalue weighted by atomic mass is 9.94. The van der Waals surface area contributed by atoms with Crippen LogP contribution in [-0.2, 0) is 12.7 Å². The van der Waals surface area contributed by atoms with E-state index >= 15 is 0 Å². The number of anilines is 2. The Balaban J connectivity index is 1.61. The normalized spacial score (nSPS) is 15.4. The molecule has 6 rings (SSSR count). The summed E-state index contributed by atoms with van der Waals surface area (Å²) >= 11 is 6.34. The molecule has 1 atom stereocenters. The first kappa shape index (κ1) is 26.8. The van der Waals surface area contributed by atoms with Gasteiger partial charge in [0.05, 0.1) is 28.9 Å². The average molecular weight is 594 g/mol. The van der Waals surface area contributed by atoms with E-state index in [0.717, 1.165) is 30.6 Å². The van der Waals surface area contributed by atoms with Crippen LogP contribution in [0.2, 0.25) is 5.02 Å². The lowest BCUT2D eigenvalue weighted by molar-refractivity contribution is -0.142. The number of rotatable bonds is 4. The maximum absolute atomic E-state index is 14.2. The van der Waals surface area contributed by atoms with Crippen molar-refractivity contribution >= 4 is 50.7 Å². The number of alkyl halides is 6. The fraction of sp³-hybridized carbons (Fsp3) is 0.148. The molecule has 210 valence electrons. The molecule has 3 heterocycles. The summed E-state index contributed by atoms with van der Waals surface area (Å²) < 4.78 is 95.9. The van der Waals surface area contributed by atoms with Crippen molar-refractivity contribution in [1.82, 2.24) is 20.1 Å². The van der Waals surface area contributed by atoms with Crippen molar-refractivity contribution < 1.29 is 35.5 Å². The molecule has 0 saturated heterocycles. The summed E-state index contributed by atoms with van der Waals surface area (Å²) in [6, 6.07) is 8.45. The topological polar surface area (TPSA) is 71.8 Å². The zero-order chi connectivity index (χ0) is 29.3. The van der Waals surface area contributed by atoms with E-state index in [-0.39, 0.29) is 54.9 Å². The van der Waals surface area contributed by atoms with Crippen LogP contribution in [-0.4, -0.2) is 26.8 Å². The molecule has 0 saturated carbocycles. The first-order chi connectivity index (χ1) is 19.3. The SMILES string of the molecule is O=C1NC(c2cc(F)ccc2Cl)c2c(Nc3nccc4c(C(F)(F)F)cccc34)cc3c(cnn3CC(F)(F)F)c21. The minimum Gasteiger partial charge on any atom is -0.341 e. The number of pyridine rings is 1. The highest BCUT2D eigenvalue weighted by atomic mass is 35.5. The van der Waals surface area contributed by atoms with Crippen LogP contribution in [0.4, 0.5) is 42.2 Å². The number of carbonyl (C=O) groups excluding carboxylic acids is 1. The summed E-state index contributed by atoms with van der Waals surface area (Å²) in [5.74, 6) is -1.40. The zero-order valence-electron chi connectivity index (χ0n) is 20.3. The lowest BCUT2D eigenvalue weighted by Crippen LogP contribution is -2.20. The highest BCUT2D eigenvalue weighted by Gasteiger charge is 2.38. The Morgan fingerprint density at radius 3 is 2.51 bits per heavy atom. The van der Waals surface area contributed by atoms with Gasteiger partial charge < -0.3 is 10.6 Å². The summed E-state index contributed by atoms with van der Waals surface area (Å²) in [5, 5.41) is 9.52. The van der Waals surface area contributed by atoms with Crippen LogP contribution in [0.15, 0.2) is 60.9 Å². The fourth-order valence-corrected chi connectivity index (χ4v) is 5.33. The van der Waals surface area contributed by atoms with Crippen LogP contribution in [0.1, 0.15) is 33.1 Å². The first-order valence-electron chi connectivity index (χ1n) is 11.9. The van der Waals surface area contributed by atoms with E-state index in [4.69, 9.17) is 11.6 Å². The molecule has 1 amide bonds. The molecular formula is C27H15ClF7N5O. The van der Waals surface area contributed by atoms with E-state index in [1.165, 1.54) is 30.3 Å².